The Morgan fingerprint density at radius 3 is 2.11 bits per heavy atom. The van der Waals surface area contributed by atoms with E-state index in [-0.39, 0.29) is 27.9 Å². The number of phenols is 1. The number of benzene rings is 3. The molecule has 0 aliphatic rings. The molecule has 1 amide bonds. The maximum Gasteiger partial charge on any atom is 0.261 e. The molecule has 0 spiro atoms. The number of aromatic hydroxyl groups is 1. The summed E-state index contributed by atoms with van der Waals surface area (Å²) in [6.07, 6.45) is 0. The third-order valence-electron chi connectivity index (χ3n) is 3.81. The first-order valence-corrected chi connectivity index (χ1v) is 9.63. The Labute approximate surface area is 157 Å². The summed E-state index contributed by atoms with van der Waals surface area (Å²) in [6, 6.07) is 19.8. The SMILES string of the molecule is CC(=O)Nc1cc(NS(=O)(=O)c2ccccc2)cc(-c2ccccc2)c1O. The first-order valence-electron chi connectivity index (χ1n) is 8.15. The highest BCUT2D eigenvalue weighted by Crippen LogP contribution is 2.39. The number of carbonyl (C=O) groups is 1. The molecule has 0 atom stereocenters. The Kier molecular flexibility index (Phi) is 5.14. The molecule has 0 saturated carbocycles. The van der Waals surface area contributed by atoms with E-state index >= 15 is 0 Å². The topological polar surface area (TPSA) is 95.5 Å². The van der Waals surface area contributed by atoms with Crippen LogP contribution in [-0.4, -0.2) is 19.4 Å². The molecule has 0 bridgehead atoms. The minimum absolute atomic E-state index is 0.111. The largest absolute Gasteiger partial charge is 0.505 e. The van der Waals surface area contributed by atoms with Gasteiger partial charge in [-0.1, -0.05) is 48.5 Å². The van der Waals surface area contributed by atoms with Crippen molar-refractivity contribution in [2.24, 2.45) is 0 Å². The van der Waals surface area contributed by atoms with Crippen LogP contribution in [0, 0.1) is 0 Å². The average Bonchev–Trinajstić information content (AvgIpc) is 2.65. The monoisotopic (exact) mass is 382 g/mol. The van der Waals surface area contributed by atoms with Gasteiger partial charge in [0.05, 0.1) is 16.3 Å². The summed E-state index contributed by atoms with van der Waals surface area (Å²) in [6.45, 7) is 1.31. The van der Waals surface area contributed by atoms with Gasteiger partial charge in [-0.05, 0) is 29.8 Å². The molecule has 7 heteroatoms. The molecule has 0 aromatic heterocycles. The molecule has 3 rings (SSSR count). The lowest BCUT2D eigenvalue weighted by Gasteiger charge is -2.15. The zero-order chi connectivity index (χ0) is 19.4. The molecule has 0 saturated heterocycles. The lowest BCUT2D eigenvalue weighted by Crippen LogP contribution is -2.13. The molecular formula is C20H18N2O4S. The summed E-state index contributed by atoms with van der Waals surface area (Å²) < 4.78 is 27.7. The minimum atomic E-state index is -3.81. The van der Waals surface area contributed by atoms with Crippen molar-refractivity contribution in [3.05, 3.63) is 72.8 Å². The first-order chi connectivity index (χ1) is 12.9. The van der Waals surface area contributed by atoms with Crippen LogP contribution in [0.3, 0.4) is 0 Å². The van der Waals surface area contributed by atoms with E-state index in [4.69, 9.17) is 0 Å². The highest BCUT2D eigenvalue weighted by molar-refractivity contribution is 7.92. The molecule has 6 nitrogen and oxygen atoms in total. The quantitative estimate of drug-likeness (QED) is 0.462. The Morgan fingerprint density at radius 1 is 0.926 bits per heavy atom. The van der Waals surface area contributed by atoms with Crippen molar-refractivity contribution in [3.8, 4) is 16.9 Å². The molecule has 3 aromatic rings. The predicted octanol–water partition coefficient (Wildman–Crippen LogP) is 3.82. The third-order valence-corrected chi connectivity index (χ3v) is 5.21. The molecule has 3 aromatic carbocycles. The second-order valence-electron chi connectivity index (χ2n) is 5.89. The number of amides is 1. The van der Waals surface area contributed by atoms with E-state index in [9.17, 15) is 18.3 Å². The fraction of sp³-hybridized carbons (Fsp3) is 0.0500. The van der Waals surface area contributed by atoms with Crippen LogP contribution in [0.1, 0.15) is 6.92 Å². The van der Waals surface area contributed by atoms with E-state index in [0.29, 0.717) is 11.1 Å². The van der Waals surface area contributed by atoms with Gasteiger partial charge in [0, 0.05) is 12.5 Å². The molecule has 0 aliphatic carbocycles. The Hall–Kier alpha value is -3.32. The molecule has 27 heavy (non-hydrogen) atoms. The Balaban J connectivity index is 2.09. The number of sulfonamides is 1. The summed E-state index contributed by atoms with van der Waals surface area (Å²) in [5.74, 6) is -0.522. The van der Waals surface area contributed by atoms with Crippen LogP contribution in [0.4, 0.5) is 11.4 Å². The maximum absolute atomic E-state index is 12.6. The normalized spacial score (nSPS) is 11.0. The lowest BCUT2D eigenvalue weighted by atomic mass is 10.0. The van der Waals surface area contributed by atoms with Crippen molar-refractivity contribution >= 4 is 27.3 Å². The van der Waals surface area contributed by atoms with Crippen LogP contribution >= 0.6 is 0 Å². The molecule has 138 valence electrons. The third kappa shape index (κ3) is 4.27. The van der Waals surface area contributed by atoms with Gasteiger partial charge < -0.3 is 10.4 Å². The molecule has 0 fully saturated rings. The summed E-state index contributed by atoms with van der Waals surface area (Å²) in [5, 5.41) is 13.1. The van der Waals surface area contributed by atoms with Crippen LogP contribution in [-0.2, 0) is 14.8 Å². The van der Waals surface area contributed by atoms with Crippen molar-refractivity contribution in [2.45, 2.75) is 11.8 Å². The molecule has 0 aliphatic heterocycles. The second-order valence-corrected chi connectivity index (χ2v) is 7.57. The van der Waals surface area contributed by atoms with Crippen molar-refractivity contribution in [1.82, 2.24) is 0 Å². The summed E-state index contributed by atoms with van der Waals surface area (Å²) in [5.41, 5.74) is 1.42. The molecule has 0 unspecified atom stereocenters. The number of phenolic OH excluding ortho intramolecular Hbond substituents is 1. The zero-order valence-electron chi connectivity index (χ0n) is 14.5. The number of hydrogen-bond donors (Lipinski definition) is 3. The van der Waals surface area contributed by atoms with E-state index in [1.807, 2.05) is 6.07 Å². The van der Waals surface area contributed by atoms with Crippen LogP contribution in [0.2, 0.25) is 0 Å². The van der Waals surface area contributed by atoms with E-state index in [2.05, 4.69) is 10.0 Å². The van der Waals surface area contributed by atoms with Gasteiger partial charge in [0.1, 0.15) is 5.75 Å². The Bertz CT molecular complexity index is 1070. The van der Waals surface area contributed by atoms with Crippen LogP contribution in [0.25, 0.3) is 11.1 Å². The average molecular weight is 382 g/mol. The highest BCUT2D eigenvalue weighted by Gasteiger charge is 2.18. The van der Waals surface area contributed by atoms with E-state index in [1.165, 1.54) is 31.2 Å². The number of carbonyl (C=O) groups excluding carboxylic acids is 1. The van der Waals surface area contributed by atoms with Gasteiger partial charge in [0.2, 0.25) is 5.91 Å². The smallest absolute Gasteiger partial charge is 0.261 e. The van der Waals surface area contributed by atoms with Gasteiger partial charge in [0.25, 0.3) is 10.0 Å². The molecule has 3 N–H and O–H groups in total. The number of anilines is 2. The first kappa shape index (κ1) is 18.5. The van der Waals surface area contributed by atoms with Crippen molar-refractivity contribution in [1.29, 1.82) is 0 Å². The number of rotatable bonds is 5. The fourth-order valence-corrected chi connectivity index (χ4v) is 3.69. The van der Waals surface area contributed by atoms with E-state index < -0.39 is 10.0 Å². The standard InChI is InChI=1S/C20H18N2O4S/c1-14(23)21-19-13-16(22-27(25,26)17-10-6-3-7-11-17)12-18(20(19)24)15-8-4-2-5-9-15/h2-13,22,24H,1H3,(H,21,23). The van der Waals surface area contributed by atoms with Gasteiger partial charge in [-0.2, -0.15) is 0 Å². The Morgan fingerprint density at radius 2 is 1.52 bits per heavy atom. The molecule has 0 radical (unpaired) electrons. The van der Waals surface area contributed by atoms with Gasteiger partial charge in [-0.3, -0.25) is 9.52 Å². The summed E-state index contributed by atoms with van der Waals surface area (Å²) >= 11 is 0. The second kappa shape index (κ2) is 7.51. The van der Waals surface area contributed by atoms with Crippen molar-refractivity contribution < 1.29 is 18.3 Å². The molecule has 0 heterocycles. The van der Waals surface area contributed by atoms with Crippen LogP contribution < -0.4 is 10.0 Å². The maximum atomic E-state index is 12.6. The van der Waals surface area contributed by atoms with E-state index in [0.717, 1.165) is 0 Å². The van der Waals surface area contributed by atoms with Gasteiger partial charge >= 0.3 is 0 Å². The molecular weight excluding hydrogens is 364 g/mol. The number of nitrogens with one attached hydrogen (secondary N) is 2. The van der Waals surface area contributed by atoms with Gasteiger partial charge in [0.15, 0.2) is 0 Å². The van der Waals surface area contributed by atoms with E-state index in [1.54, 1.807) is 42.5 Å². The zero-order valence-corrected chi connectivity index (χ0v) is 15.3. The minimum Gasteiger partial charge on any atom is -0.505 e. The van der Waals surface area contributed by atoms with Gasteiger partial charge in [-0.15, -0.1) is 0 Å². The van der Waals surface area contributed by atoms with Crippen molar-refractivity contribution in [2.75, 3.05) is 10.0 Å². The number of hydrogen-bond acceptors (Lipinski definition) is 4. The lowest BCUT2D eigenvalue weighted by molar-refractivity contribution is -0.114. The predicted molar refractivity (Wildman–Crippen MR) is 105 cm³/mol. The fourth-order valence-electron chi connectivity index (χ4n) is 2.63. The van der Waals surface area contributed by atoms with Gasteiger partial charge in [-0.25, -0.2) is 8.42 Å². The van der Waals surface area contributed by atoms with Crippen LogP contribution in [0.15, 0.2) is 77.7 Å². The van der Waals surface area contributed by atoms with Crippen molar-refractivity contribution in [3.63, 3.8) is 0 Å². The summed E-state index contributed by atoms with van der Waals surface area (Å²) in [4.78, 5) is 11.6. The highest BCUT2D eigenvalue weighted by atomic mass is 32.2. The summed E-state index contributed by atoms with van der Waals surface area (Å²) in [7, 11) is -3.81. The van der Waals surface area contributed by atoms with Crippen LogP contribution in [0.5, 0.6) is 5.75 Å².